The maximum atomic E-state index is 14.0. The van der Waals surface area contributed by atoms with Crippen LogP contribution in [0.2, 0.25) is 0 Å². The van der Waals surface area contributed by atoms with Gasteiger partial charge >= 0.3 is 5.69 Å². The highest BCUT2D eigenvalue weighted by Crippen LogP contribution is 2.25. The number of aromatic amines is 1. The summed E-state index contributed by atoms with van der Waals surface area (Å²) < 4.78 is 33.4. The third kappa shape index (κ3) is 6.12. The lowest BCUT2D eigenvalue weighted by Crippen LogP contribution is -2.42. The maximum absolute atomic E-state index is 14.0. The molecule has 0 radical (unpaired) electrons. The highest BCUT2D eigenvalue weighted by Gasteiger charge is 2.24. The molecule has 8 nitrogen and oxygen atoms in total. The lowest BCUT2D eigenvalue weighted by atomic mass is 10.2. The van der Waals surface area contributed by atoms with Crippen LogP contribution in [0.25, 0.3) is 0 Å². The Morgan fingerprint density at radius 2 is 1.91 bits per heavy atom. The first-order valence-electron chi connectivity index (χ1n) is 10.4. The first kappa shape index (κ1) is 25.2. The number of nitrogen functional groups attached to an aromatic ring is 1. The number of methoxy groups -OCH3 is 1. The number of carbonyl (C=O) groups is 1. The van der Waals surface area contributed by atoms with Gasteiger partial charge in [-0.25, -0.2) is 13.6 Å². The third-order valence-corrected chi connectivity index (χ3v) is 5.98. The van der Waals surface area contributed by atoms with Gasteiger partial charge < -0.3 is 15.4 Å². The normalized spacial score (nSPS) is 10.9. The standard InChI is InChI=1S/C23H24F2N4O4S/c1-33-11-5-10-28(19(30)14-34-18-9-8-16(24)12-17(18)25)20-21(26)29(23(32)27-22(20)31)13-15-6-3-2-4-7-15/h2-4,6-9,12H,5,10-11,13-14,26H2,1H3,(H,27,31,32). The summed E-state index contributed by atoms with van der Waals surface area (Å²) in [4.78, 5) is 41.8. The van der Waals surface area contributed by atoms with Crippen LogP contribution in [-0.2, 0) is 16.1 Å². The van der Waals surface area contributed by atoms with Crippen LogP contribution < -0.4 is 21.9 Å². The van der Waals surface area contributed by atoms with Crippen molar-refractivity contribution in [2.45, 2.75) is 17.9 Å². The quantitative estimate of drug-likeness (QED) is 0.334. The van der Waals surface area contributed by atoms with Gasteiger partial charge in [0.1, 0.15) is 17.5 Å². The van der Waals surface area contributed by atoms with Crippen molar-refractivity contribution in [1.29, 1.82) is 0 Å². The molecule has 1 aromatic heterocycles. The van der Waals surface area contributed by atoms with E-state index < -0.39 is 28.8 Å². The Morgan fingerprint density at radius 1 is 1.18 bits per heavy atom. The number of hydrogen-bond donors (Lipinski definition) is 2. The lowest BCUT2D eigenvalue weighted by Gasteiger charge is -2.24. The highest BCUT2D eigenvalue weighted by atomic mass is 32.2. The zero-order valence-electron chi connectivity index (χ0n) is 18.4. The van der Waals surface area contributed by atoms with Gasteiger partial charge in [0, 0.05) is 31.2 Å². The monoisotopic (exact) mass is 490 g/mol. The summed E-state index contributed by atoms with van der Waals surface area (Å²) in [7, 11) is 1.50. The number of anilines is 2. The van der Waals surface area contributed by atoms with Gasteiger partial charge in [-0.05, 0) is 24.1 Å². The summed E-state index contributed by atoms with van der Waals surface area (Å²) in [6, 6.07) is 12.1. The Morgan fingerprint density at radius 3 is 2.59 bits per heavy atom. The van der Waals surface area contributed by atoms with Crippen LogP contribution >= 0.6 is 11.8 Å². The second-order valence-corrected chi connectivity index (χ2v) is 8.34. The third-order valence-electron chi connectivity index (χ3n) is 4.94. The molecular formula is C23H24F2N4O4S. The van der Waals surface area contributed by atoms with Crippen LogP contribution in [0.15, 0.2) is 63.0 Å². The van der Waals surface area contributed by atoms with E-state index >= 15 is 0 Å². The van der Waals surface area contributed by atoms with Gasteiger partial charge in [0.15, 0.2) is 5.69 Å². The molecule has 34 heavy (non-hydrogen) atoms. The Bertz CT molecular complexity index is 1260. The van der Waals surface area contributed by atoms with Gasteiger partial charge in [-0.2, -0.15) is 0 Å². The predicted molar refractivity (Wildman–Crippen MR) is 127 cm³/mol. The molecule has 2 aromatic carbocycles. The molecule has 0 saturated heterocycles. The Kier molecular flexibility index (Phi) is 8.61. The van der Waals surface area contributed by atoms with Gasteiger partial charge in [0.05, 0.1) is 12.3 Å². The molecule has 0 saturated carbocycles. The molecular weight excluding hydrogens is 466 g/mol. The van der Waals surface area contributed by atoms with Crippen LogP contribution in [0.3, 0.4) is 0 Å². The molecule has 11 heteroatoms. The van der Waals surface area contributed by atoms with E-state index in [1.165, 1.54) is 22.6 Å². The highest BCUT2D eigenvalue weighted by molar-refractivity contribution is 8.00. The fraction of sp³-hybridized carbons (Fsp3) is 0.261. The summed E-state index contributed by atoms with van der Waals surface area (Å²) in [5.41, 5.74) is 5.32. The van der Waals surface area contributed by atoms with E-state index in [2.05, 4.69) is 4.98 Å². The average molecular weight is 491 g/mol. The topological polar surface area (TPSA) is 110 Å². The van der Waals surface area contributed by atoms with Crippen LogP contribution in [0.1, 0.15) is 12.0 Å². The molecule has 0 bridgehead atoms. The number of amides is 1. The van der Waals surface area contributed by atoms with E-state index in [9.17, 15) is 23.2 Å². The minimum Gasteiger partial charge on any atom is -0.385 e. The minimum atomic E-state index is -0.810. The van der Waals surface area contributed by atoms with E-state index in [0.717, 1.165) is 29.5 Å². The molecule has 0 aliphatic heterocycles. The smallest absolute Gasteiger partial charge is 0.330 e. The summed E-state index contributed by atoms with van der Waals surface area (Å²) in [5.74, 6) is -2.47. The number of nitrogens with zero attached hydrogens (tertiary/aromatic N) is 2. The molecule has 3 aromatic rings. The van der Waals surface area contributed by atoms with E-state index in [-0.39, 0.29) is 35.2 Å². The second kappa shape index (κ2) is 11.6. The number of H-pyrrole nitrogens is 1. The van der Waals surface area contributed by atoms with Gasteiger partial charge in [-0.15, -0.1) is 11.8 Å². The number of rotatable bonds is 10. The predicted octanol–water partition coefficient (Wildman–Crippen LogP) is 2.61. The zero-order chi connectivity index (χ0) is 24.7. The number of ether oxygens (including phenoxy) is 1. The first-order chi connectivity index (χ1) is 16.3. The fourth-order valence-corrected chi connectivity index (χ4v) is 4.09. The molecule has 0 aliphatic rings. The zero-order valence-corrected chi connectivity index (χ0v) is 19.2. The number of benzene rings is 2. The van der Waals surface area contributed by atoms with E-state index in [0.29, 0.717) is 13.0 Å². The van der Waals surface area contributed by atoms with E-state index in [1.54, 1.807) is 24.3 Å². The van der Waals surface area contributed by atoms with E-state index in [1.807, 2.05) is 6.07 Å². The number of carbonyl (C=O) groups excluding carboxylic acids is 1. The van der Waals surface area contributed by atoms with Gasteiger partial charge in [0.25, 0.3) is 5.56 Å². The van der Waals surface area contributed by atoms with Crippen molar-refractivity contribution < 1.29 is 18.3 Å². The minimum absolute atomic E-state index is 0.0793. The molecule has 0 aliphatic carbocycles. The summed E-state index contributed by atoms with van der Waals surface area (Å²) in [5, 5.41) is 0. The molecule has 3 rings (SSSR count). The summed E-state index contributed by atoms with van der Waals surface area (Å²) in [6.07, 6.45) is 0.383. The lowest BCUT2D eigenvalue weighted by molar-refractivity contribution is -0.116. The first-order valence-corrected chi connectivity index (χ1v) is 11.3. The molecule has 0 fully saturated rings. The van der Waals surface area contributed by atoms with Crippen molar-refractivity contribution in [2.75, 3.05) is 36.6 Å². The molecule has 0 unspecified atom stereocenters. The van der Waals surface area contributed by atoms with Crippen LogP contribution in [0.4, 0.5) is 20.3 Å². The number of aromatic nitrogens is 2. The van der Waals surface area contributed by atoms with Crippen molar-refractivity contribution in [3.05, 3.63) is 86.6 Å². The number of nitrogens with one attached hydrogen (secondary N) is 1. The molecule has 0 atom stereocenters. The van der Waals surface area contributed by atoms with Crippen LogP contribution in [0, 0.1) is 11.6 Å². The van der Waals surface area contributed by atoms with Crippen molar-refractivity contribution in [3.63, 3.8) is 0 Å². The molecule has 1 amide bonds. The largest absolute Gasteiger partial charge is 0.385 e. The molecule has 0 spiro atoms. The molecule has 3 N–H and O–H groups in total. The van der Waals surface area contributed by atoms with Gasteiger partial charge in [0.2, 0.25) is 5.91 Å². The average Bonchev–Trinajstić information content (AvgIpc) is 2.80. The van der Waals surface area contributed by atoms with Crippen molar-refractivity contribution in [3.8, 4) is 0 Å². The van der Waals surface area contributed by atoms with Crippen LogP contribution in [0.5, 0.6) is 0 Å². The van der Waals surface area contributed by atoms with Crippen molar-refractivity contribution in [2.24, 2.45) is 0 Å². The Balaban J connectivity index is 1.94. The second-order valence-electron chi connectivity index (χ2n) is 7.32. The number of nitrogens with two attached hydrogens (primary N) is 1. The number of thioether (sulfide) groups is 1. The number of halogens is 2. The molecule has 180 valence electrons. The van der Waals surface area contributed by atoms with E-state index in [4.69, 9.17) is 10.5 Å². The van der Waals surface area contributed by atoms with Gasteiger partial charge in [-0.3, -0.25) is 19.1 Å². The van der Waals surface area contributed by atoms with Gasteiger partial charge in [-0.1, -0.05) is 30.3 Å². The van der Waals surface area contributed by atoms with Crippen LogP contribution in [-0.4, -0.2) is 41.5 Å². The maximum Gasteiger partial charge on any atom is 0.330 e. The Labute approximate surface area is 198 Å². The number of hydrogen-bond acceptors (Lipinski definition) is 6. The van der Waals surface area contributed by atoms with Crippen molar-refractivity contribution >= 4 is 29.2 Å². The summed E-state index contributed by atoms with van der Waals surface area (Å²) >= 11 is 0.862. The SMILES string of the molecule is COCCCN(C(=O)CSc1ccc(F)cc1F)c1c(N)n(Cc2ccccc2)c(=O)[nH]c1=O. The molecule has 1 heterocycles. The fourth-order valence-electron chi connectivity index (χ4n) is 3.30. The summed E-state index contributed by atoms with van der Waals surface area (Å²) in [6.45, 7) is 0.478. The Hall–Kier alpha value is -3.44. The van der Waals surface area contributed by atoms with Crippen molar-refractivity contribution in [1.82, 2.24) is 9.55 Å².